The second-order valence-electron chi connectivity index (χ2n) is 6.62. The van der Waals surface area contributed by atoms with Crippen LogP contribution < -0.4 is 15.6 Å². The molecule has 1 aromatic heterocycles. The molecule has 144 valence electrons. The van der Waals surface area contributed by atoms with Gasteiger partial charge < -0.3 is 14.6 Å². The predicted octanol–water partition coefficient (Wildman–Crippen LogP) is 4.59. The van der Waals surface area contributed by atoms with Crippen molar-refractivity contribution in [3.8, 4) is 5.75 Å². The molecule has 0 saturated heterocycles. The largest absolute Gasteiger partial charge is 0.491 e. The van der Waals surface area contributed by atoms with E-state index < -0.39 is 0 Å². The average molecular weight is 397 g/mol. The minimum atomic E-state index is -0.265. The summed E-state index contributed by atoms with van der Waals surface area (Å²) in [5.41, 5.74) is 1.68. The van der Waals surface area contributed by atoms with Gasteiger partial charge in [-0.2, -0.15) is 0 Å². The molecule has 0 unspecified atom stereocenters. The van der Waals surface area contributed by atoms with Gasteiger partial charge in [-0.25, -0.2) is 0 Å². The number of amides is 1. The van der Waals surface area contributed by atoms with E-state index in [4.69, 9.17) is 16.3 Å². The van der Waals surface area contributed by atoms with Crippen LogP contribution in [0.4, 0.5) is 5.69 Å². The molecule has 2 aromatic carbocycles. The molecule has 3 aromatic rings. The lowest BCUT2D eigenvalue weighted by Gasteiger charge is -2.12. The molecule has 0 aliphatic carbocycles. The highest BCUT2D eigenvalue weighted by Crippen LogP contribution is 2.17. The molecule has 0 aliphatic rings. The summed E-state index contributed by atoms with van der Waals surface area (Å²) in [6.45, 7) is 4.21. The van der Waals surface area contributed by atoms with Crippen LogP contribution in [0.15, 0.2) is 71.7 Å². The summed E-state index contributed by atoms with van der Waals surface area (Å²) in [6.07, 6.45) is 1.68. The maximum absolute atomic E-state index is 12.5. The molecule has 1 heterocycles. The second-order valence-corrected chi connectivity index (χ2v) is 7.03. The summed E-state index contributed by atoms with van der Waals surface area (Å²) in [7, 11) is 0. The summed E-state index contributed by atoms with van der Waals surface area (Å²) in [5.74, 6) is 0.443. The summed E-state index contributed by atoms with van der Waals surface area (Å²) in [5, 5.41) is 3.40. The molecule has 0 spiro atoms. The summed E-state index contributed by atoms with van der Waals surface area (Å²) in [4.78, 5) is 24.7. The number of carbonyl (C=O) groups is 1. The Morgan fingerprint density at radius 1 is 1.07 bits per heavy atom. The zero-order valence-corrected chi connectivity index (χ0v) is 16.4. The highest BCUT2D eigenvalue weighted by atomic mass is 35.5. The van der Waals surface area contributed by atoms with Gasteiger partial charge >= 0.3 is 0 Å². The molecule has 28 heavy (non-hydrogen) atoms. The third-order valence-corrected chi connectivity index (χ3v) is 4.40. The Balaban J connectivity index is 1.74. The highest BCUT2D eigenvalue weighted by Gasteiger charge is 2.09. The number of halogens is 1. The third kappa shape index (κ3) is 5.02. The van der Waals surface area contributed by atoms with Gasteiger partial charge in [0.15, 0.2) is 0 Å². The van der Waals surface area contributed by atoms with E-state index in [-0.39, 0.29) is 17.6 Å². The van der Waals surface area contributed by atoms with Gasteiger partial charge in [-0.15, -0.1) is 0 Å². The lowest BCUT2D eigenvalue weighted by atomic mass is 10.2. The Morgan fingerprint density at radius 2 is 1.79 bits per heavy atom. The number of nitrogens with zero attached hydrogens (tertiary/aromatic N) is 1. The Kier molecular flexibility index (Phi) is 6.16. The van der Waals surface area contributed by atoms with E-state index in [1.807, 2.05) is 32.0 Å². The van der Waals surface area contributed by atoms with E-state index in [9.17, 15) is 9.59 Å². The third-order valence-electron chi connectivity index (χ3n) is 4.03. The lowest BCUT2D eigenvalue weighted by molar-refractivity contribution is 0.102. The predicted molar refractivity (Wildman–Crippen MR) is 111 cm³/mol. The molecule has 0 radical (unpaired) electrons. The van der Waals surface area contributed by atoms with Crippen LogP contribution in [0.25, 0.3) is 0 Å². The Morgan fingerprint density at radius 3 is 2.46 bits per heavy atom. The fourth-order valence-electron chi connectivity index (χ4n) is 2.70. The van der Waals surface area contributed by atoms with Gasteiger partial charge in [0.1, 0.15) is 5.75 Å². The van der Waals surface area contributed by atoms with Crippen molar-refractivity contribution < 1.29 is 9.53 Å². The van der Waals surface area contributed by atoms with Crippen molar-refractivity contribution in [1.29, 1.82) is 0 Å². The molecule has 1 amide bonds. The van der Waals surface area contributed by atoms with E-state index in [2.05, 4.69) is 5.32 Å². The molecule has 3 rings (SSSR count). The molecular formula is C22H21ClN2O3. The lowest BCUT2D eigenvalue weighted by Crippen LogP contribution is -2.21. The summed E-state index contributed by atoms with van der Waals surface area (Å²) < 4.78 is 7.09. The minimum absolute atomic E-state index is 0.0684. The number of nitrogens with one attached hydrogen (secondary N) is 1. The van der Waals surface area contributed by atoms with Crippen LogP contribution in [0.2, 0.25) is 5.02 Å². The highest BCUT2D eigenvalue weighted by molar-refractivity contribution is 6.31. The van der Waals surface area contributed by atoms with E-state index >= 15 is 0 Å². The molecule has 0 aliphatic heterocycles. The van der Waals surface area contributed by atoms with Crippen LogP contribution in [0, 0.1) is 0 Å². The van der Waals surface area contributed by atoms with Crippen LogP contribution in [0.1, 0.15) is 29.8 Å². The number of hydrogen-bond acceptors (Lipinski definition) is 3. The normalized spacial score (nSPS) is 10.7. The van der Waals surface area contributed by atoms with Gasteiger partial charge in [0.2, 0.25) is 0 Å². The molecule has 0 atom stereocenters. The van der Waals surface area contributed by atoms with E-state index in [0.717, 1.165) is 5.56 Å². The molecule has 1 N–H and O–H groups in total. The van der Waals surface area contributed by atoms with Crippen molar-refractivity contribution in [3.63, 3.8) is 0 Å². The van der Waals surface area contributed by atoms with Crippen molar-refractivity contribution in [2.45, 2.75) is 26.5 Å². The molecule has 6 heteroatoms. The number of hydrogen-bond donors (Lipinski definition) is 1. The van der Waals surface area contributed by atoms with Gasteiger partial charge in [0.05, 0.1) is 18.3 Å². The van der Waals surface area contributed by atoms with Crippen molar-refractivity contribution >= 4 is 23.2 Å². The Labute approximate surface area is 168 Å². The quantitative estimate of drug-likeness (QED) is 0.662. The van der Waals surface area contributed by atoms with Crippen molar-refractivity contribution in [2.24, 2.45) is 0 Å². The molecular weight excluding hydrogens is 376 g/mol. The van der Waals surface area contributed by atoms with E-state index in [1.165, 1.54) is 10.6 Å². The number of benzene rings is 2. The fourth-order valence-corrected chi connectivity index (χ4v) is 2.89. The van der Waals surface area contributed by atoms with Gasteiger partial charge in [-0.05, 0) is 55.8 Å². The van der Waals surface area contributed by atoms with Crippen molar-refractivity contribution in [1.82, 2.24) is 4.57 Å². The van der Waals surface area contributed by atoms with Crippen LogP contribution in [-0.2, 0) is 6.54 Å². The van der Waals surface area contributed by atoms with Crippen LogP contribution in [0.3, 0.4) is 0 Å². The first-order valence-corrected chi connectivity index (χ1v) is 9.32. The second kappa shape index (κ2) is 8.76. The van der Waals surface area contributed by atoms with Gasteiger partial charge in [-0.3, -0.25) is 9.59 Å². The summed E-state index contributed by atoms with van der Waals surface area (Å²) >= 11 is 6.18. The van der Waals surface area contributed by atoms with Gasteiger partial charge in [0, 0.05) is 22.8 Å². The maximum Gasteiger partial charge on any atom is 0.255 e. The number of ether oxygens (including phenoxy) is 1. The molecule has 0 fully saturated rings. The first kappa shape index (κ1) is 19.7. The zero-order chi connectivity index (χ0) is 20.1. The first-order valence-electron chi connectivity index (χ1n) is 8.94. The number of carbonyl (C=O) groups excluding carboxylic acids is 1. The minimum Gasteiger partial charge on any atom is -0.491 e. The van der Waals surface area contributed by atoms with Crippen molar-refractivity contribution in [3.05, 3.63) is 93.4 Å². The molecule has 0 bridgehead atoms. The van der Waals surface area contributed by atoms with Crippen LogP contribution in [0.5, 0.6) is 5.75 Å². The number of aromatic nitrogens is 1. The van der Waals surface area contributed by atoms with Gasteiger partial charge in [0.25, 0.3) is 11.5 Å². The SMILES string of the molecule is CC(C)Oc1ccc(C(=O)Nc2ccc(=O)n(Cc3ccccc3Cl)c2)cc1. The van der Waals surface area contributed by atoms with Gasteiger partial charge in [-0.1, -0.05) is 29.8 Å². The molecule has 0 saturated carbocycles. The first-order chi connectivity index (χ1) is 13.4. The average Bonchev–Trinajstić information content (AvgIpc) is 2.66. The monoisotopic (exact) mass is 396 g/mol. The van der Waals surface area contributed by atoms with E-state index in [0.29, 0.717) is 28.6 Å². The maximum atomic E-state index is 12.5. The fraction of sp³-hybridized carbons (Fsp3) is 0.182. The number of rotatable bonds is 6. The number of anilines is 1. The zero-order valence-electron chi connectivity index (χ0n) is 15.7. The van der Waals surface area contributed by atoms with Crippen LogP contribution in [-0.4, -0.2) is 16.6 Å². The Bertz CT molecular complexity index is 1030. The topological polar surface area (TPSA) is 60.3 Å². The molecule has 5 nitrogen and oxygen atoms in total. The summed E-state index contributed by atoms with van der Waals surface area (Å²) in [6, 6.07) is 17.3. The number of pyridine rings is 1. The Hall–Kier alpha value is -3.05. The van der Waals surface area contributed by atoms with E-state index in [1.54, 1.807) is 42.6 Å². The standard InChI is InChI=1S/C22H21ClN2O3/c1-15(2)28-19-10-7-16(8-11-19)22(27)24-18-9-12-21(26)25(14-18)13-17-5-3-4-6-20(17)23/h3-12,14-15H,13H2,1-2H3,(H,24,27). The van der Waals surface area contributed by atoms with Crippen LogP contribution >= 0.6 is 11.6 Å². The smallest absolute Gasteiger partial charge is 0.255 e. The van der Waals surface area contributed by atoms with Crippen molar-refractivity contribution in [2.75, 3.05) is 5.32 Å².